The van der Waals surface area contributed by atoms with Gasteiger partial charge in [0.15, 0.2) is 0 Å². The summed E-state index contributed by atoms with van der Waals surface area (Å²) >= 11 is 0. The average Bonchev–Trinajstić information content (AvgIpc) is 3.51. The Hall–Kier alpha value is -2.99. The van der Waals surface area contributed by atoms with Crippen LogP contribution in [-0.4, -0.2) is 91.5 Å². The van der Waals surface area contributed by atoms with E-state index in [4.69, 9.17) is 4.74 Å². The molecule has 1 fully saturated rings. The lowest BCUT2D eigenvalue weighted by Crippen LogP contribution is -2.60. The summed E-state index contributed by atoms with van der Waals surface area (Å²) in [6.07, 6.45) is 1.90. The normalized spacial score (nSPS) is 16.1. The number of benzene rings is 2. The van der Waals surface area contributed by atoms with Crippen LogP contribution in [0.1, 0.15) is 58.9 Å². The second kappa shape index (κ2) is 16.9. The molecule has 244 valence electrons. The minimum atomic E-state index is -4.01. The largest absolute Gasteiger partial charge is 0.497 e. The van der Waals surface area contributed by atoms with Gasteiger partial charge in [0.25, 0.3) is 5.91 Å². The number of nitrogens with zero attached hydrogens (tertiary/aromatic N) is 3. The molecule has 1 heterocycles. The molecule has 1 saturated heterocycles. The molecule has 0 saturated carbocycles. The molecule has 0 aliphatic carbocycles. The van der Waals surface area contributed by atoms with Crippen molar-refractivity contribution in [3.05, 3.63) is 60.2 Å². The van der Waals surface area contributed by atoms with Gasteiger partial charge in [-0.25, -0.2) is 13.4 Å². The summed E-state index contributed by atoms with van der Waals surface area (Å²) in [6.45, 7) is 9.46. The number of likely N-dealkylation sites (tertiary alicyclic amines) is 1. The molecule has 11 heteroatoms. The number of sulfonamides is 1. The molecule has 1 aliphatic heterocycles. The van der Waals surface area contributed by atoms with E-state index in [1.165, 1.54) is 28.6 Å². The third kappa shape index (κ3) is 10.3. The number of hydrogen-bond donors (Lipinski definition) is 2. The fourth-order valence-electron chi connectivity index (χ4n) is 5.34. The highest BCUT2D eigenvalue weighted by atomic mass is 32.2. The van der Waals surface area contributed by atoms with Crippen LogP contribution in [0.3, 0.4) is 0 Å². The van der Waals surface area contributed by atoms with E-state index in [9.17, 15) is 23.1 Å². The third-order valence-electron chi connectivity index (χ3n) is 8.02. The zero-order valence-electron chi connectivity index (χ0n) is 26.8. The van der Waals surface area contributed by atoms with Crippen molar-refractivity contribution in [3.8, 4) is 5.75 Å². The van der Waals surface area contributed by atoms with Gasteiger partial charge in [0.2, 0.25) is 15.9 Å². The molecule has 0 spiro atoms. The number of carbonyl (C=O) groups is 2. The van der Waals surface area contributed by atoms with Crippen molar-refractivity contribution >= 4 is 21.8 Å². The topological polar surface area (TPSA) is 119 Å². The minimum absolute atomic E-state index is 0.0360. The first-order chi connectivity index (χ1) is 20.9. The van der Waals surface area contributed by atoms with Crippen molar-refractivity contribution in [1.82, 2.24) is 19.6 Å². The summed E-state index contributed by atoms with van der Waals surface area (Å²) in [5.41, 5.74) is 3.68. The molecule has 2 aromatic carbocycles. The fourth-order valence-corrected chi connectivity index (χ4v) is 6.97. The Bertz CT molecular complexity index is 1280. The van der Waals surface area contributed by atoms with Crippen LogP contribution in [-0.2, 0) is 26.0 Å². The molecule has 3 rings (SSSR count). The number of nitrogens with one attached hydrogen (secondary N) is 1. The third-order valence-corrected chi connectivity index (χ3v) is 9.87. The predicted octanol–water partition coefficient (Wildman–Crippen LogP) is 3.71. The maximum Gasteiger partial charge on any atom is 0.252 e. The number of hydrazine groups is 1. The average molecular weight is 631 g/mol. The molecule has 10 nitrogen and oxygen atoms in total. The first-order valence-corrected chi connectivity index (χ1v) is 17.1. The van der Waals surface area contributed by atoms with Gasteiger partial charge < -0.3 is 9.84 Å². The lowest BCUT2D eigenvalue weighted by atomic mass is 9.98. The van der Waals surface area contributed by atoms with Crippen LogP contribution in [0, 0.1) is 11.8 Å². The van der Waals surface area contributed by atoms with Crippen molar-refractivity contribution in [2.75, 3.05) is 39.8 Å². The molecule has 0 aromatic heterocycles. The maximum atomic E-state index is 13.9. The molecular weight excluding hydrogens is 580 g/mol. The second-order valence-corrected chi connectivity index (χ2v) is 14.2. The molecule has 44 heavy (non-hydrogen) atoms. The van der Waals surface area contributed by atoms with Gasteiger partial charge in [-0.15, -0.1) is 0 Å². The molecule has 2 N–H and O–H groups in total. The minimum Gasteiger partial charge on any atom is -0.497 e. The van der Waals surface area contributed by atoms with Gasteiger partial charge >= 0.3 is 0 Å². The molecule has 0 bridgehead atoms. The van der Waals surface area contributed by atoms with Crippen molar-refractivity contribution in [2.24, 2.45) is 11.8 Å². The van der Waals surface area contributed by atoms with Gasteiger partial charge in [-0.2, -0.15) is 4.31 Å². The van der Waals surface area contributed by atoms with Crippen LogP contribution >= 0.6 is 0 Å². The lowest BCUT2D eigenvalue weighted by molar-refractivity contribution is -0.149. The summed E-state index contributed by atoms with van der Waals surface area (Å²) in [4.78, 5) is 29.2. The Morgan fingerprint density at radius 1 is 1.00 bits per heavy atom. The van der Waals surface area contributed by atoms with Crippen molar-refractivity contribution in [1.29, 1.82) is 0 Å². The van der Waals surface area contributed by atoms with Crippen LogP contribution in [0.25, 0.3) is 0 Å². The highest BCUT2D eigenvalue weighted by molar-refractivity contribution is 7.89. The second-order valence-electron chi connectivity index (χ2n) is 12.2. The summed E-state index contributed by atoms with van der Waals surface area (Å²) in [5, 5.41) is 13.1. The molecule has 0 unspecified atom stereocenters. The van der Waals surface area contributed by atoms with E-state index in [2.05, 4.69) is 5.43 Å². The van der Waals surface area contributed by atoms with Gasteiger partial charge in [-0.1, -0.05) is 64.4 Å². The quantitative estimate of drug-likeness (QED) is 0.272. The standard InChI is InChI=1S/C33H50N4O6S/c1-6-26(4)20-33(40)37(34-32(39)24-35-18-10-11-19-35)30(21-27-12-8-7-9-13-27)31(38)23-36(22-25(2)3)44(41,42)29-16-14-28(43-5)15-17-29/h7-9,12-17,25-26,30-31,38H,6,10-11,18-24H2,1-5H3,(H,34,39)/t26-,30-,31+/m0/s1. The number of rotatable bonds is 16. The number of aliphatic hydroxyl groups is 1. The van der Waals surface area contributed by atoms with E-state index in [1.807, 2.05) is 62.9 Å². The van der Waals surface area contributed by atoms with E-state index in [0.717, 1.165) is 37.9 Å². The molecule has 3 atom stereocenters. The molecule has 2 amide bonds. The summed E-state index contributed by atoms with van der Waals surface area (Å²) < 4.78 is 34.2. The van der Waals surface area contributed by atoms with Crippen LogP contribution in [0.4, 0.5) is 0 Å². The Morgan fingerprint density at radius 3 is 2.20 bits per heavy atom. The summed E-state index contributed by atoms with van der Waals surface area (Å²) in [6, 6.07) is 14.6. The van der Waals surface area contributed by atoms with E-state index >= 15 is 0 Å². The highest BCUT2D eigenvalue weighted by Gasteiger charge is 2.36. The van der Waals surface area contributed by atoms with Crippen LogP contribution < -0.4 is 10.2 Å². The van der Waals surface area contributed by atoms with Crippen molar-refractivity contribution < 1.29 is 27.9 Å². The van der Waals surface area contributed by atoms with Gasteiger partial charge in [-0.3, -0.25) is 19.9 Å². The van der Waals surface area contributed by atoms with Gasteiger partial charge in [0, 0.05) is 19.5 Å². The van der Waals surface area contributed by atoms with E-state index < -0.39 is 22.2 Å². The predicted molar refractivity (Wildman–Crippen MR) is 171 cm³/mol. The van der Waals surface area contributed by atoms with Crippen LogP contribution in [0.2, 0.25) is 0 Å². The van der Waals surface area contributed by atoms with Crippen molar-refractivity contribution in [2.45, 2.75) is 76.8 Å². The summed E-state index contributed by atoms with van der Waals surface area (Å²) in [5.74, 6) is -0.0986. The Morgan fingerprint density at radius 2 is 1.64 bits per heavy atom. The van der Waals surface area contributed by atoms with Gasteiger partial charge in [0.05, 0.1) is 30.7 Å². The molecule has 1 aliphatic rings. The van der Waals surface area contributed by atoms with E-state index in [1.54, 1.807) is 12.1 Å². The fraction of sp³-hybridized carbons (Fsp3) is 0.576. The SMILES string of the molecule is CC[C@H](C)CC(=O)N(NC(=O)CN1CCCC1)[C@@H](Cc1ccccc1)[C@H](O)CN(CC(C)C)S(=O)(=O)c1ccc(OC)cc1. The Kier molecular flexibility index (Phi) is 13.6. The van der Waals surface area contributed by atoms with Crippen molar-refractivity contribution in [3.63, 3.8) is 0 Å². The first kappa shape index (κ1) is 35.5. The van der Waals surface area contributed by atoms with Crippen LogP contribution in [0.15, 0.2) is 59.5 Å². The number of ether oxygens (including phenoxy) is 1. The number of amides is 2. The number of aliphatic hydroxyl groups excluding tert-OH is 1. The van der Waals surface area contributed by atoms with E-state index in [-0.39, 0.29) is 61.0 Å². The first-order valence-electron chi connectivity index (χ1n) is 15.6. The maximum absolute atomic E-state index is 13.9. The van der Waals surface area contributed by atoms with E-state index in [0.29, 0.717) is 5.75 Å². The number of methoxy groups -OCH3 is 1. The summed E-state index contributed by atoms with van der Waals surface area (Å²) in [7, 11) is -2.50. The number of carbonyl (C=O) groups excluding carboxylic acids is 2. The number of hydrogen-bond acceptors (Lipinski definition) is 7. The monoisotopic (exact) mass is 630 g/mol. The zero-order chi connectivity index (χ0) is 32.3. The molecule has 2 aromatic rings. The Labute approximate surface area is 263 Å². The lowest BCUT2D eigenvalue weighted by Gasteiger charge is -2.37. The van der Waals surface area contributed by atoms with Gasteiger partial charge in [0.1, 0.15) is 5.75 Å². The highest BCUT2D eigenvalue weighted by Crippen LogP contribution is 2.23. The van der Waals surface area contributed by atoms with Crippen LogP contribution in [0.5, 0.6) is 5.75 Å². The smallest absolute Gasteiger partial charge is 0.252 e. The molecule has 0 radical (unpaired) electrons. The van der Waals surface area contributed by atoms with Gasteiger partial charge in [-0.05, 0) is 74.0 Å². The Balaban J connectivity index is 1.98. The molecular formula is C33H50N4O6S. The zero-order valence-corrected chi connectivity index (χ0v) is 27.6.